The summed E-state index contributed by atoms with van der Waals surface area (Å²) in [6.07, 6.45) is 1.78. The van der Waals surface area contributed by atoms with Gasteiger partial charge in [-0.2, -0.15) is 0 Å². The smallest absolute Gasteiger partial charge is 0.334 e. The van der Waals surface area contributed by atoms with Crippen LogP contribution in [0, 0.1) is 0 Å². The first kappa shape index (κ1) is 12.2. The Bertz CT molecular complexity index is 660. The number of methoxy groups -OCH3 is 1. The third-order valence-corrected chi connectivity index (χ3v) is 2.91. The van der Waals surface area contributed by atoms with Crippen molar-refractivity contribution in [1.82, 2.24) is 9.88 Å². The van der Waals surface area contributed by atoms with Crippen molar-refractivity contribution in [2.75, 3.05) is 20.2 Å². The van der Waals surface area contributed by atoms with E-state index in [1.54, 1.807) is 12.3 Å². The summed E-state index contributed by atoms with van der Waals surface area (Å²) in [5, 5.41) is 9.97. The van der Waals surface area contributed by atoms with Gasteiger partial charge in [-0.15, -0.1) is 0 Å². The molecule has 0 spiro atoms. The van der Waals surface area contributed by atoms with Crippen molar-refractivity contribution >= 4 is 17.7 Å². The summed E-state index contributed by atoms with van der Waals surface area (Å²) in [6, 6.07) is 1.63. The van der Waals surface area contributed by atoms with E-state index in [1.165, 1.54) is 7.11 Å². The minimum absolute atomic E-state index is 0.109. The molecule has 0 aromatic carbocycles. The molecular weight excluding hydrogens is 236 g/mol. The number of aliphatic carboxylic acids is 1. The summed E-state index contributed by atoms with van der Waals surface area (Å²) in [5.41, 5.74) is -0.327. The third-order valence-electron chi connectivity index (χ3n) is 2.91. The van der Waals surface area contributed by atoms with Gasteiger partial charge < -0.3 is 14.7 Å². The number of aromatic amines is 1. The molecular formula is C12H14N2O4. The van der Waals surface area contributed by atoms with Crippen molar-refractivity contribution < 1.29 is 14.6 Å². The van der Waals surface area contributed by atoms with Crippen molar-refractivity contribution in [3.63, 3.8) is 0 Å². The minimum atomic E-state index is -1.07. The maximum absolute atomic E-state index is 11.9. The Kier molecular flexibility index (Phi) is 3.10. The van der Waals surface area contributed by atoms with Gasteiger partial charge in [-0.05, 0) is 6.92 Å². The predicted octanol–water partition coefficient (Wildman–Crippen LogP) is -1.31. The molecule has 1 aliphatic rings. The summed E-state index contributed by atoms with van der Waals surface area (Å²) in [7, 11) is 1.44. The van der Waals surface area contributed by atoms with Crippen LogP contribution in [-0.2, 0) is 4.79 Å². The van der Waals surface area contributed by atoms with E-state index >= 15 is 0 Å². The van der Waals surface area contributed by atoms with E-state index in [9.17, 15) is 14.7 Å². The Morgan fingerprint density at radius 2 is 2.33 bits per heavy atom. The monoisotopic (exact) mass is 250 g/mol. The molecule has 0 saturated heterocycles. The number of pyridine rings is 1. The number of H-pyrrole nitrogens is 1. The standard InChI is InChI=1S/C12H14N2O4/c1-3-14-5-7-4-9(18-2)13-11(15)10(7)8(6-14)12(16)17/h4-5H,3,6H2,1-2H3,(H,13,15)(H,16,17). The number of aromatic nitrogens is 1. The van der Waals surface area contributed by atoms with Gasteiger partial charge in [-0.1, -0.05) is 0 Å². The third kappa shape index (κ3) is 1.97. The van der Waals surface area contributed by atoms with Gasteiger partial charge in [0, 0.05) is 24.0 Å². The fourth-order valence-electron chi connectivity index (χ4n) is 1.98. The normalized spacial score (nSPS) is 13.9. The number of fused-ring (bicyclic) bond motifs is 1. The molecule has 0 bridgehead atoms. The van der Waals surface area contributed by atoms with Gasteiger partial charge in [0.25, 0.3) is 5.56 Å². The lowest BCUT2D eigenvalue weighted by atomic mass is 10.1. The largest absolute Gasteiger partial charge is 0.482 e. The molecule has 0 aliphatic carbocycles. The van der Waals surface area contributed by atoms with Crippen LogP contribution in [0.4, 0.5) is 0 Å². The lowest BCUT2D eigenvalue weighted by Crippen LogP contribution is -2.49. The van der Waals surface area contributed by atoms with Crippen molar-refractivity contribution in [2.24, 2.45) is 0 Å². The highest BCUT2D eigenvalue weighted by Gasteiger charge is 2.18. The van der Waals surface area contributed by atoms with Gasteiger partial charge in [-0.3, -0.25) is 9.78 Å². The van der Waals surface area contributed by atoms with E-state index in [2.05, 4.69) is 4.98 Å². The van der Waals surface area contributed by atoms with Crippen LogP contribution in [0.5, 0.6) is 5.88 Å². The van der Waals surface area contributed by atoms with Crippen LogP contribution in [0.25, 0.3) is 11.8 Å². The van der Waals surface area contributed by atoms with E-state index in [4.69, 9.17) is 4.74 Å². The highest BCUT2D eigenvalue weighted by Crippen LogP contribution is 2.03. The molecule has 2 heterocycles. The van der Waals surface area contributed by atoms with Gasteiger partial charge in [0.15, 0.2) is 5.88 Å². The molecule has 0 atom stereocenters. The topological polar surface area (TPSA) is 82.6 Å². The molecule has 2 N–H and O–H groups in total. The van der Waals surface area contributed by atoms with Crippen LogP contribution < -0.4 is 20.7 Å². The molecule has 6 heteroatoms. The van der Waals surface area contributed by atoms with Gasteiger partial charge in [-0.25, -0.2) is 4.79 Å². The predicted molar refractivity (Wildman–Crippen MR) is 65.6 cm³/mol. The number of carbonyl (C=O) groups is 1. The van der Waals surface area contributed by atoms with Crippen LogP contribution in [0.1, 0.15) is 6.92 Å². The van der Waals surface area contributed by atoms with Gasteiger partial charge in [0.2, 0.25) is 0 Å². The molecule has 0 amide bonds. The molecule has 18 heavy (non-hydrogen) atoms. The number of nitrogens with zero attached hydrogens (tertiary/aromatic N) is 1. The van der Waals surface area contributed by atoms with E-state index in [0.717, 1.165) is 0 Å². The zero-order valence-corrected chi connectivity index (χ0v) is 10.2. The molecule has 0 saturated carbocycles. The van der Waals surface area contributed by atoms with Crippen molar-refractivity contribution in [2.45, 2.75) is 6.92 Å². The summed E-state index contributed by atoms with van der Waals surface area (Å²) in [6.45, 7) is 2.82. The number of nitrogens with one attached hydrogen (secondary N) is 1. The minimum Gasteiger partial charge on any atom is -0.482 e. The Balaban J connectivity index is 2.86. The summed E-state index contributed by atoms with van der Waals surface area (Å²) >= 11 is 0. The molecule has 96 valence electrons. The Labute approximate surface area is 103 Å². The summed E-state index contributed by atoms with van der Waals surface area (Å²) in [4.78, 5) is 27.5. The van der Waals surface area contributed by atoms with Crippen LogP contribution in [0.2, 0.25) is 0 Å². The average molecular weight is 250 g/mol. The number of carboxylic acids is 1. The number of hydrogen-bond donors (Lipinski definition) is 2. The van der Waals surface area contributed by atoms with E-state index in [0.29, 0.717) is 17.6 Å². The molecule has 0 unspecified atom stereocenters. The Hall–Kier alpha value is -2.24. The van der Waals surface area contributed by atoms with Crippen molar-refractivity contribution in [3.8, 4) is 5.88 Å². The van der Waals surface area contributed by atoms with Crippen molar-refractivity contribution in [3.05, 3.63) is 26.9 Å². The fraction of sp³-hybridized carbons (Fsp3) is 0.333. The van der Waals surface area contributed by atoms with E-state index < -0.39 is 11.5 Å². The quantitative estimate of drug-likeness (QED) is 0.696. The first-order chi connectivity index (χ1) is 8.56. The highest BCUT2D eigenvalue weighted by atomic mass is 16.5. The zero-order chi connectivity index (χ0) is 13.3. The zero-order valence-electron chi connectivity index (χ0n) is 10.2. The molecule has 0 fully saturated rings. The van der Waals surface area contributed by atoms with Crippen LogP contribution in [0.15, 0.2) is 10.9 Å². The fourth-order valence-corrected chi connectivity index (χ4v) is 1.98. The van der Waals surface area contributed by atoms with E-state index in [1.807, 2.05) is 11.8 Å². The number of hydrogen-bond acceptors (Lipinski definition) is 4. The van der Waals surface area contributed by atoms with Gasteiger partial charge in [0.05, 0.1) is 24.4 Å². The maximum Gasteiger partial charge on any atom is 0.334 e. The summed E-state index contributed by atoms with van der Waals surface area (Å²) < 4.78 is 4.97. The van der Waals surface area contributed by atoms with Gasteiger partial charge in [0.1, 0.15) is 0 Å². The van der Waals surface area contributed by atoms with Crippen LogP contribution in [0.3, 0.4) is 0 Å². The number of carboxylic acid groups (broad SMARTS) is 1. The lowest BCUT2D eigenvalue weighted by molar-refractivity contribution is -0.130. The van der Waals surface area contributed by atoms with Crippen LogP contribution in [-0.4, -0.2) is 41.2 Å². The highest BCUT2D eigenvalue weighted by molar-refractivity contribution is 6.09. The molecule has 1 aromatic rings. The average Bonchev–Trinajstić information content (AvgIpc) is 2.36. The second kappa shape index (κ2) is 4.56. The second-order valence-corrected chi connectivity index (χ2v) is 3.97. The second-order valence-electron chi connectivity index (χ2n) is 3.97. The van der Waals surface area contributed by atoms with Gasteiger partial charge >= 0.3 is 5.97 Å². The maximum atomic E-state index is 11.9. The Morgan fingerprint density at radius 3 is 2.89 bits per heavy atom. The molecule has 0 radical (unpaired) electrons. The molecule has 2 rings (SSSR count). The first-order valence-electron chi connectivity index (χ1n) is 5.56. The first-order valence-corrected chi connectivity index (χ1v) is 5.56. The Morgan fingerprint density at radius 1 is 1.61 bits per heavy atom. The SMILES string of the molecule is CCN1C=c2cc(OC)[nH]c(=O)c2=C(C(=O)O)C1. The molecule has 1 aromatic heterocycles. The van der Waals surface area contributed by atoms with E-state index in [-0.39, 0.29) is 17.3 Å². The molecule has 1 aliphatic heterocycles. The molecule has 6 nitrogen and oxygen atoms in total. The summed E-state index contributed by atoms with van der Waals surface area (Å²) in [5.74, 6) is -0.754. The lowest BCUT2D eigenvalue weighted by Gasteiger charge is -2.21. The number of rotatable bonds is 3. The van der Waals surface area contributed by atoms with Crippen LogP contribution >= 0.6 is 0 Å². The van der Waals surface area contributed by atoms with Crippen molar-refractivity contribution in [1.29, 1.82) is 0 Å². The number of ether oxygens (including phenoxy) is 1.